The van der Waals surface area contributed by atoms with E-state index in [-0.39, 0.29) is 24.3 Å². The summed E-state index contributed by atoms with van der Waals surface area (Å²) in [6, 6.07) is 12.1. The molecular weight excluding hydrogens is 367 g/mol. The average Bonchev–Trinajstić information content (AvgIpc) is 2.60. The van der Waals surface area contributed by atoms with E-state index in [0.717, 1.165) is 6.26 Å². The number of benzene rings is 2. The Balaban J connectivity index is 2.22. The minimum Gasteiger partial charge on any atom is -0.349 e. The number of hydrogen-bond acceptors (Lipinski definition) is 3. The molecule has 2 rings (SSSR count). The van der Waals surface area contributed by atoms with Crippen LogP contribution in [0.25, 0.3) is 0 Å². The Morgan fingerprint density at radius 2 is 1.59 bits per heavy atom. The first-order valence-corrected chi connectivity index (χ1v) is 10.6. The largest absolute Gasteiger partial charge is 0.349 e. The molecule has 0 fully saturated rings. The Labute approximate surface area is 160 Å². The van der Waals surface area contributed by atoms with Crippen LogP contribution in [0.4, 0.5) is 10.1 Å². The maximum atomic E-state index is 13.1. The third kappa shape index (κ3) is 5.79. The van der Waals surface area contributed by atoms with Gasteiger partial charge in [-0.15, -0.1) is 0 Å². The highest BCUT2D eigenvalue weighted by molar-refractivity contribution is 7.92. The lowest BCUT2D eigenvalue weighted by molar-refractivity contribution is 0.0930. The highest BCUT2D eigenvalue weighted by Crippen LogP contribution is 2.21. The van der Waals surface area contributed by atoms with Gasteiger partial charge in [-0.1, -0.05) is 26.0 Å². The lowest BCUT2D eigenvalue weighted by Gasteiger charge is -2.23. The smallest absolute Gasteiger partial charge is 0.251 e. The highest BCUT2D eigenvalue weighted by Gasteiger charge is 2.19. The van der Waals surface area contributed by atoms with E-state index in [1.165, 1.54) is 16.4 Å². The molecule has 146 valence electrons. The predicted octanol–water partition coefficient (Wildman–Crippen LogP) is 3.57. The van der Waals surface area contributed by atoms with E-state index >= 15 is 0 Å². The van der Waals surface area contributed by atoms with Gasteiger partial charge in [-0.05, 0) is 54.8 Å². The van der Waals surface area contributed by atoms with Crippen molar-refractivity contribution in [3.8, 4) is 0 Å². The topological polar surface area (TPSA) is 66.5 Å². The van der Waals surface area contributed by atoms with E-state index in [0.29, 0.717) is 22.7 Å². The summed E-state index contributed by atoms with van der Waals surface area (Å²) in [6.07, 6.45) is 1.11. The predicted molar refractivity (Wildman–Crippen MR) is 106 cm³/mol. The Hall–Kier alpha value is -2.41. The van der Waals surface area contributed by atoms with Crippen LogP contribution in [0.1, 0.15) is 36.7 Å². The quantitative estimate of drug-likeness (QED) is 0.783. The van der Waals surface area contributed by atoms with Crippen LogP contribution >= 0.6 is 0 Å². The molecule has 0 saturated heterocycles. The molecule has 1 atom stereocenters. The third-order valence-electron chi connectivity index (χ3n) is 4.42. The van der Waals surface area contributed by atoms with E-state index < -0.39 is 10.0 Å². The first kappa shape index (κ1) is 20.9. The molecule has 0 spiro atoms. The van der Waals surface area contributed by atoms with Crippen molar-refractivity contribution >= 4 is 21.6 Å². The van der Waals surface area contributed by atoms with Crippen LogP contribution in [0.3, 0.4) is 0 Å². The molecule has 1 N–H and O–H groups in total. The summed E-state index contributed by atoms with van der Waals surface area (Å²) in [5, 5.41) is 2.91. The van der Waals surface area contributed by atoms with Gasteiger partial charge in [0.25, 0.3) is 5.91 Å². The zero-order chi connectivity index (χ0) is 20.2. The van der Waals surface area contributed by atoms with Crippen molar-refractivity contribution < 1.29 is 17.6 Å². The second-order valence-corrected chi connectivity index (χ2v) is 8.86. The number of rotatable bonds is 7. The molecule has 0 aliphatic carbocycles. The summed E-state index contributed by atoms with van der Waals surface area (Å²) >= 11 is 0. The van der Waals surface area contributed by atoms with Crippen molar-refractivity contribution in [2.24, 2.45) is 5.92 Å². The normalized spacial score (nSPS) is 12.7. The number of sulfonamides is 1. The summed E-state index contributed by atoms with van der Waals surface area (Å²) in [7, 11) is -3.55. The van der Waals surface area contributed by atoms with Gasteiger partial charge in [0.2, 0.25) is 10.0 Å². The number of carbonyl (C=O) groups is 1. The fourth-order valence-electron chi connectivity index (χ4n) is 2.39. The molecule has 0 bridgehead atoms. The summed E-state index contributed by atoms with van der Waals surface area (Å²) in [6.45, 7) is 6.06. The molecule has 0 unspecified atom stereocenters. The van der Waals surface area contributed by atoms with Crippen molar-refractivity contribution in [1.29, 1.82) is 0 Å². The molecule has 0 saturated carbocycles. The van der Waals surface area contributed by atoms with Crippen molar-refractivity contribution in [3.63, 3.8) is 0 Å². The van der Waals surface area contributed by atoms with Crippen LogP contribution < -0.4 is 9.62 Å². The number of nitrogens with one attached hydrogen (secondary N) is 1. The SMILES string of the molecule is CC(C)[C@H](C)NC(=O)c1ccc(N(Cc2ccc(F)cc2)S(C)(=O)=O)cc1. The lowest BCUT2D eigenvalue weighted by Crippen LogP contribution is -2.36. The van der Waals surface area contributed by atoms with Crippen molar-refractivity contribution in [2.45, 2.75) is 33.4 Å². The first-order chi connectivity index (χ1) is 12.6. The Morgan fingerprint density at radius 1 is 1.04 bits per heavy atom. The van der Waals surface area contributed by atoms with Crippen molar-refractivity contribution in [3.05, 3.63) is 65.5 Å². The van der Waals surface area contributed by atoms with Crippen LogP contribution in [0, 0.1) is 11.7 Å². The van der Waals surface area contributed by atoms with E-state index in [1.807, 2.05) is 20.8 Å². The molecule has 27 heavy (non-hydrogen) atoms. The van der Waals surface area contributed by atoms with Crippen molar-refractivity contribution in [1.82, 2.24) is 5.32 Å². The molecule has 0 heterocycles. The zero-order valence-corrected chi connectivity index (χ0v) is 16.8. The second-order valence-electron chi connectivity index (χ2n) is 6.95. The fraction of sp³-hybridized carbons (Fsp3) is 0.350. The van der Waals surface area contributed by atoms with E-state index in [4.69, 9.17) is 0 Å². The van der Waals surface area contributed by atoms with Gasteiger partial charge in [0.1, 0.15) is 5.82 Å². The first-order valence-electron chi connectivity index (χ1n) is 8.71. The summed E-state index contributed by atoms with van der Waals surface area (Å²) in [5.74, 6) is -0.271. The van der Waals surface area contributed by atoms with E-state index in [9.17, 15) is 17.6 Å². The molecule has 2 aromatic rings. The number of hydrogen-bond donors (Lipinski definition) is 1. The maximum absolute atomic E-state index is 13.1. The molecule has 1 amide bonds. The summed E-state index contributed by atoms with van der Waals surface area (Å²) < 4.78 is 38.7. The molecule has 0 radical (unpaired) electrons. The Morgan fingerprint density at radius 3 is 2.07 bits per heavy atom. The van der Waals surface area contributed by atoms with Crippen LogP contribution in [0.2, 0.25) is 0 Å². The number of amides is 1. The van der Waals surface area contributed by atoms with Gasteiger partial charge in [0.05, 0.1) is 18.5 Å². The molecule has 0 aliphatic heterocycles. The van der Waals surface area contributed by atoms with Gasteiger partial charge >= 0.3 is 0 Å². The van der Waals surface area contributed by atoms with Crippen LogP contribution in [0.15, 0.2) is 48.5 Å². The number of carbonyl (C=O) groups excluding carboxylic acids is 1. The number of anilines is 1. The zero-order valence-electron chi connectivity index (χ0n) is 15.9. The van der Waals surface area contributed by atoms with Crippen LogP contribution in [-0.2, 0) is 16.6 Å². The van der Waals surface area contributed by atoms with Crippen molar-refractivity contribution in [2.75, 3.05) is 10.6 Å². The minimum absolute atomic E-state index is 0.0307. The van der Waals surface area contributed by atoms with Gasteiger partial charge in [0.15, 0.2) is 0 Å². The summed E-state index contributed by atoms with van der Waals surface area (Å²) in [4.78, 5) is 12.3. The molecule has 2 aromatic carbocycles. The van der Waals surface area contributed by atoms with E-state index in [1.54, 1.807) is 36.4 Å². The highest BCUT2D eigenvalue weighted by atomic mass is 32.2. The van der Waals surface area contributed by atoms with Crippen LogP contribution in [0.5, 0.6) is 0 Å². The Bertz CT molecular complexity index is 878. The van der Waals surface area contributed by atoms with Gasteiger partial charge in [-0.3, -0.25) is 9.10 Å². The van der Waals surface area contributed by atoms with Gasteiger partial charge in [-0.25, -0.2) is 12.8 Å². The average molecular weight is 392 g/mol. The van der Waals surface area contributed by atoms with E-state index in [2.05, 4.69) is 5.32 Å². The standard InChI is InChI=1S/C20H25FN2O3S/c1-14(2)15(3)22-20(24)17-7-11-19(12-8-17)23(27(4,25)26)13-16-5-9-18(21)10-6-16/h5-12,14-15H,13H2,1-4H3,(H,22,24)/t15-/m0/s1. The monoisotopic (exact) mass is 392 g/mol. The number of nitrogens with zero attached hydrogens (tertiary/aromatic N) is 1. The molecule has 0 aromatic heterocycles. The minimum atomic E-state index is -3.55. The fourth-order valence-corrected chi connectivity index (χ4v) is 3.28. The lowest BCUT2D eigenvalue weighted by atomic mass is 10.1. The molecular formula is C20H25FN2O3S. The van der Waals surface area contributed by atoms with Crippen LogP contribution in [-0.4, -0.2) is 26.6 Å². The molecule has 5 nitrogen and oxygen atoms in total. The molecule has 7 heteroatoms. The molecule has 0 aliphatic rings. The Kier molecular flexibility index (Phi) is 6.59. The number of halogens is 1. The summed E-state index contributed by atoms with van der Waals surface area (Å²) in [5.41, 5.74) is 1.56. The third-order valence-corrected chi connectivity index (χ3v) is 5.56. The van der Waals surface area contributed by atoms with Gasteiger partial charge in [0, 0.05) is 11.6 Å². The van der Waals surface area contributed by atoms with Gasteiger partial charge < -0.3 is 5.32 Å². The second kappa shape index (κ2) is 8.52. The maximum Gasteiger partial charge on any atom is 0.251 e. The van der Waals surface area contributed by atoms with Gasteiger partial charge in [-0.2, -0.15) is 0 Å².